The van der Waals surface area contributed by atoms with E-state index in [9.17, 15) is 0 Å². The van der Waals surface area contributed by atoms with Crippen molar-refractivity contribution in [3.8, 4) is 0 Å². The predicted molar refractivity (Wildman–Crippen MR) is 57.5 cm³/mol. The monoisotopic (exact) mass is 206 g/mol. The van der Waals surface area contributed by atoms with Crippen LogP contribution in [0.2, 0.25) is 0 Å². The number of nitrogens with two attached hydrogens (primary N) is 1. The van der Waals surface area contributed by atoms with Gasteiger partial charge in [0, 0.05) is 18.9 Å². The summed E-state index contributed by atoms with van der Waals surface area (Å²) in [5.74, 6) is 3.53. The molecule has 82 valence electrons. The Morgan fingerprint density at radius 1 is 1.33 bits per heavy atom. The van der Waals surface area contributed by atoms with Gasteiger partial charge in [0.15, 0.2) is 5.82 Å². The van der Waals surface area contributed by atoms with Crippen LogP contribution in [0.5, 0.6) is 0 Å². The third-order valence-electron chi connectivity index (χ3n) is 3.78. The average Bonchev–Trinajstić information content (AvgIpc) is 2.56. The van der Waals surface area contributed by atoms with Crippen molar-refractivity contribution in [3.05, 3.63) is 11.6 Å². The lowest BCUT2D eigenvalue weighted by Crippen LogP contribution is -2.27. The number of hydrogen-bond donors (Lipinski definition) is 1. The number of aryl methyl sites for hydroxylation is 1. The average molecular weight is 206 g/mol. The number of hydrogen-bond acceptors (Lipinski definition) is 3. The third-order valence-corrected chi connectivity index (χ3v) is 3.78. The van der Waals surface area contributed by atoms with Crippen molar-refractivity contribution in [2.45, 2.75) is 44.6 Å². The maximum absolute atomic E-state index is 5.70. The van der Waals surface area contributed by atoms with Gasteiger partial charge in [0.25, 0.3) is 0 Å². The van der Waals surface area contributed by atoms with E-state index in [1.54, 1.807) is 0 Å². The first-order chi connectivity index (χ1) is 7.36. The summed E-state index contributed by atoms with van der Waals surface area (Å²) in [6, 6.07) is 0. The van der Waals surface area contributed by atoms with Gasteiger partial charge in [0.05, 0.1) is 0 Å². The van der Waals surface area contributed by atoms with Gasteiger partial charge in [-0.3, -0.25) is 0 Å². The molecule has 1 unspecified atom stereocenters. The fourth-order valence-corrected chi connectivity index (χ4v) is 2.43. The van der Waals surface area contributed by atoms with E-state index < -0.39 is 0 Å². The van der Waals surface area contributed by atoms with Crippen molar-refractivity contribution in [2.75, 3.05) is 6.54 Å². The Kier molecular flexibility index (Phi) is 2.24. The largest absolute Gasteiger partial charge is 0.330 e. The highest BCUT2D eigenvalue weighted by Gasteiger charge is 2.27. The molecule has 1 aromatic heterocycles. The Morgan fingerprint density at radius 2 is 2.20 bits per heavy atom. The van der Waals surface area contributed by atoms with Crippen LogP contribution in [-0.2, 0) is 13.0 Å². The molecule has 2 heterocycles. The second-order valence-electron chi connectivity index (χ2n) is 4.84. The van der Waals surface area contributed by atoms with Crippen LogP contribution in [-0.4, -0.2) is 21.3 Å². The van der Waals surface area contributed by atoms with Crippen LogP contribution < -0.4 is 5.73 Å². The first-order valence-corrected chi connectivity index (χ1v) is 6.00. The standard InChI is InChI=1S/C11H18N4/c12-6-8-4-5-10-13-11(9-2-1-3-9)14-15(10)7-8/h8-9H,1-7,12H2. The highest BCUT2D eigenvalue weighted by molar-refractivity contribution is 5.04. The third kappa shape index (κ3) is 1.57. The summed E-state index contributed by atoms with van der Waals surface area (Å²) in [4.78, 5) is 4.65. The maximum atomic E-state index is 5.70. The van der Waals surface area contributed by atoms with Gasteiger partial charge in [-0.2, -0.15) is 5.10 Å². The molecule has 15 heavy (non-hydrogen) atoms. The molecule has 1 aliphatic heterocycles. The fourth-order valence-electron chi connectivity index (χ4n) is 2.43. The summed E-state index contributed by atoms with van der Waals surface area (Å²) in [5.41, 5.74) is 5.70. The van der Waals surface area contributed by atoms with Gasteiger partial charge in [-0.05, 0) is 31.7 Å². The molecule has 1 aliphatic carbocycles. The van der Waals surface area contributed by atoms with Gasteiger partial charge >= 0.3 is 0 Å². The number of fused-ring (bicyclic) bond motifs is 1. The topological polar surface area (TPSA) is 56.7 Å². The van der Waals surface area contributed by atoms with Gasteiger partial charge in [-0.15, -0.1) is 0 Å². The molecular weight excluding hydrogens is 188 g/mol. The van der Waals surface area contributed by atoms with E-state index >= 15 is 0 Å². The maximum Gasteiger partial charge on any atom is 0.154 e. The first kappa shape index (κ1) is 9.33. The van der Waals surface area contributed by atoms with Gasteiger partial charge < -0.3 is 5.73 Å². The van der Waals surface area contributed by atoms with Crippen molar-refractivity contribution in [1.82, 2.24) is 14.8 Å². The fraction of sp³-hybridized carbons (Fsp3) is 0.818. The SMILES string of the molecule is NCC1CCc2nc(C3CCC3)nn2C1. The van der Waals surface area contributed by atoms with Crippen molar-refractivity contribution in [1.29, 1.82) is 0 Å². The Bertz CT molecular complexity index is 353. The van der Waals surface area contributed by atoms with E-state index in [0.717, 1.165) is 25.3 Å². The smallest absolute Gasteiger partial charge is 0.154 e. The van der Waals surface area contributed by atoms with Crippen LogP contribution >= 0.6 is 0 Å². The van der Waals surface area contributed by atoms with E-state index in [-0.39, 0.29) is 0 Å². The second kappa shape index (κ2) is 3.59. The zero-order valence-electron chi connectivity index (χ0n) is 9.02. The molecule has 4 heteroatoms. The molecule has 1 aromatic rings. The van der Waals surface area contributed by atoms with Gasteiger partial charge in [0.1, 0.15) is 5.82 Å². The second-order valence-corrected chi connectivity index (χ2v) is 4.84. The van der Waals surface area contributed by atoms with E-state index in [1.807, 2.05) is 0 Å². The van der Waals surface area contributed by atoms with E-state index in [0.29, 0.717) is 11.8 Å². The summed E-state index contributed by atoms with van der Waals surface area (Å²) in [7, 11) is 0. The Labute approximate surface area is 89.9 Å². The van der Waals surface area contributed by atoms with Crippen molar-refractivity contribution < 1.29 is 0 Å². The minimum absolute atomic E-state index is 0.605. The van der Waals surface area contributed by atoms with Gasteiger partial charge in [0.2, 0.25) is 0 Å². The number of nitrogens with zero attached hydrogens (tertiary/aromatic N) is 3. The van der Waals surface area contributed by atoms with Gasteiger partial charge in [-0.1, -0.05) is 6.42 Å². The minimum atomic E-state index is 0.605. The van der Waals surface area contributed by atoms with Crippen LogP contribution in [0.25, 0.3) is 0 Å². The molecule has 1 saturated carbocycles. The van der Waals surface area contributed by atoms with Crippen molar-refractivity contribution in [2.24, 2.45) is 11.7 Å². The zero-order valence-corrected chi connectivity index (χ0v) is 9.02. The summed E-state index contributed by atoms with van der Waals surface area (Å²) < 4.78 is 2.09. The predicted octanol–water partition coefficient (Wildman–Crippen LogP) is 1.07. The zero-order chi connectivity index (χ0) is 10.3. The molecule has 1 fully saturated rings. The van der Waals surface area contributed by atoms with Crippen molar-refractivity contribution in [3.63, 3.8) is 0 Å². The van der Waals surface area contributed by atoms with Crippen LogP contribution in [0, 0.1) is 5.92 Å². The molecule has 4 nitrogen and oxygen atoms in total. The summed E-state index contributed by atoms with van der Waals surface area (Å²) in [6.07, 6.45) is 6.15. The Morgan fingerprint density at radius 3 is 2.87 bits per heavy atom. The molecule has 3 rings (SSSR count). The highest BCUT2D eigenvalue weighted by Crippen LogP contribution is 2.35. The normalized spacial score (nSPS) is 26.1. The van der Waals surface area contributed by atoms with Crippen molar-refractivity contribution >= 4 is 0 Å². The molecule has 0 saturated heterocycles. The lowest BCUT2D eigenvalue weighted by atomic mass is 9.85. The minimum Gasteiger partial charge on any atom is -0.330 e. The van der Waals surface area contributed by atoms with Crippen LogP contribution in [0.15, 0.2) is 0 Å². The summed E-state index contributed by atoms with van der Waals surface area (Å²) in [6.45, 7) is 1.75. The molecular formula is C11H18N4. The first-order valence-electron chi connectivity index (χ1n) is 6.00. The molecule has 1 atom stereocenters. The van der Waals surface area contributed by atoms with Crippen LogP contribution in [0.4, 0.5) is 0 Å². The summed E-state index contributed by atoms with van der Waals surface area (Å²) in [5, 5.41) is 4.62. The van der Waals surface area contributed by atoms with E-state index in [1.165, 1.54) is 31.5 Å². The highest BCUT2D eigenvalue weighted by atomic mass is 15.4. The molecule has 0 spiro atoms. The van der Waals surface area contributed by atoms with E-state index in [4.69, 9.17) is 5.73 Å². The van der Waals surface area contributed by atoms with Crippen LogP contribution in [0.3, 0.4) is 0 Å². The lowest BCUT2D eigenvalue weighted by Gasteiger charge is -2.21. The van der Waals surface area contributed by atoms with Crippen LogP contribution in [0.1, 0.15) is 43.3 Å². The number of rotatable bonds is 2. The van der Waals surface area contributed by atoms with E-state index in [2.05, 4.69) is 14.8 Å². The Balaban J connectivity index is 1.81. The van der Waals surface area contributed by atoms with Gasteiger partial charge in [-0.25, -0.2) is 9.67 Å². The molecule has 0 amide bonds. The molecule has 0 bridgehead atoms. The lowest BCUT2D eigenvalue weighted by molar-refractivity contribution is 0.346. The molecule has 0 aromatic carbocycles. The molecule has 0 radical (unpaired) electrons. The molecule has 2 aliphatic rings. The Hall–Kier alpha value is -0.900. The number of aromatic nitrogens is 3. The summed E-state index contributed by atoms with van der Waals surface area (Å²) >= 11 is 0. The molecule has 2 N–H and O–H groups in total. The quantitative estimate of drug-likeness (QED) is 0.787.